The van der Waals surface area contributed by atoms with Crippen molar-refractivity contribution < 1.29 is 4.42 Å². The molecule has 4 aromatic rings. The molecular formula is C15H12N4O. The van der Waals surface area contributed by atoms with Gasteiger partial charge in [0.25, 0.3) is 0 Å². The molecule has 0 spiro atoms. The third-order valence-corrected chi connectivity index (χ3v) is 3.35. The van der Waals surface area contributed by atoms with E-state index in [1.807, 2.05) is 49.0 Å². The number of rotatable bonds is 1. The van der Waals surface area contributed by atoms with Gasteiger partial charge in [0.2, 0.25) is 11.6 Å². The van der Waals surface area contributed by atoms with Crippen molar-refractivity contribution in [3.05, 3.63) is 42.4 Å². The minimum atomic E-state index is 0.552. The molecule has 0 atom stereocenters. The molecule has 0 fully saturated rings. The van der Waals surface area contributed by atoms with Gasteiger partial charge in [-0.15, -0.1) is 0 Å². The summed E-state index contributed by atoms with van der Waals surface area (Å²) in [6.07, 6.45) is 3.76. The van der Waals surface area contributed by atoms with Crippen LogP contribution in [0.1, 0.15) is 5.69 Å². The van der Waals surface area contributed by atoms with Gasteiger partial charge in [-0.3, -0.25) is 0 Å². The lowest BCUT2D eigenvalue weighted by atomic mass is 10.2. The molecule has 0 N–H and O–H groups in total. The first-order chi connectivity index (χ1) is 9.70. The van der Waals surface area contributed by atoms with Crippen molar-refractivity contribution in [2.45, 2.75) is 6.92 Å². The quantitative estimate of drug-likeness (QED) is 0.530. The van der Waals surface area contributed by atoms with Crippen molar-refractivity contribution in [3.63, 3.8) is 0 Å². The zero-order valence-electron chi connectivity index (χ0n) is 11.2. The number of aromatic nitrogens is 4. The maximum Gasteiger partial charge on any atom is 0.247 e. The number of nitrogens with zero attached hydrogens (tertiary/aromatic N) is 4. The predicted octanol–water partition coefficient (Wildman–Crippen LogP) is 3.08. The van der Waals surface area contributed by atoms with Crippen molar-refractivity contribution in [3.8, 4) is 11.5 Å². The van der Waals surface area contributed by atoms with Crippen molar-refractivity contribution >= 4 is 22.3 Å². The summed E-state index contributed by atoms with van der Waals surface area (Å²) in [5.41, 5.74) is 4.04. The zero-order chi connectivity index (χ0) is 13.7. The molecule has 4 heterocycles. The number of hydrogen-bond acceptors (Lipinski definition) is 4. The molecule has 0 bridgehead atoms. The van der Waals surface area contributed by atoms with Gasteiger partial charge >= 0.3 is 0 Å². The van der Waals surface area contributed by atoms with Gasteiger partial charge in [-0.25, -0.2) is 15.0 Å². The summed E-state index contributed by atoms with van der Waals surface area (Å²) in [4.78, 5) is 13.2. The van der Waals surface area contributed by atoms with E-state index in [0.717, 1.165) is 27.8 Å². The average Bonchev–Trinajstić information content (AvgIpc) is 3.02. The third-order valence-electron chi connectivity index (χ3n) is 3.35. The molecule has 0 saturated carbocycles. The van der Waals surface area contributed by atoms with Gasteiger partial charge in [0.1, 0.15) is 11.2 Å². The lowest BCUT2D eigenvalue weighted by Gasteiger charge is -1.97. The minimum Gasteiger partial charge on any atom is -0.418 e. The maximum atomic E-state index is 5.72. The van der Waals surface area contributed by atoms with E-state index in [1.165, 1.54) is 0 Å². The van der Waals surface area contributed by atoms with Gasteiger partial charge in [-0.05, 0) is 31.2 Å². The van der Waals surface area contributed by atoms with Crippen LogP contribution in [0.15, 0.2) is 41.1 Å². The van der Waals surface area contributed by atoms with Gasteiger partial charge in [0, 0.05) is 30.5 Å². The molecule has 4 rings (SSSR count). The molecule has 0 aliphatic rings. The van der Waals surface area contributed by atoms with Crippen LogP contribution in [0, 0.1) is 6.92 Å². The Bertz CT molecular complexity index is 936. The molecular weight excluding hydrogens is 252 g/mol. The number of fused-ring (bicyclic) bond motifs is 2. The lowest BCUT2D eigenvalue weighted by molar-refractivity contribution is 0.606. The van der Waals surface area contributed by atoms with Crippen molar-refractivity contribution in [1.82, 2.24) is 19.5 Å². The Labute approximate surface area is 114 Å². The van der Waals surface area contributed by atoms with E-state index < -0.39 is 0 Å². The summed E-state index contributed by atoms with van der Waals surface area (Å²) in [5.74, 6) is 0.552. The first-order valence-electron chi connectivity index (χ1n) is 6.36. The van der Waals surface area contributed by atoms with Crippen LogP contribution >= 0.6 is 0 Å². The van der Waals surface area contributed by atoms with Crippen LogP contribution in [-0.4, -0.2) is 19.5 Å². The molecule has 5 nitrogen and oxygen atoms in total. The number of aryl methyl sites for hydroxylation is 2. The summed E-state index contributed by atoms with van der Waals surface area (Å²) in [6.45, 7) is 1.93. The molecule has 0 aromatic carbocycles. The van der Waals surface area contributed by atoms with E-state index in [1.54, 1.807) is 6.20 Å². The van der Waals surface area contributed by atoms with Gasteiger partial charge < -0.3 is 8.98 Å². The van der Waals surface area contributed by atoms with Crippen molar-refractivity contribution in [1.29, 1.82) is 0 Å². The second-order valence-electron chi connectivity index (χ2n) is 4.86. The van der Waals surface area contributed by atoms with Gasteiger partial charge in [0.05, 0.1) is 5.56 Å². The Balaban J connectivity index is 1.91. The monoisotopic (exact) mass is 264 g/mol. The van der Waals surface area contributed by atoms with E-state index in [2.05, 4.69) is 15.0 Å². The summed E-state index contributed by atoms with van der Waals surface area (Å²) in [6, 6.07) is 7.89. The molecule has 0 radical (unpaired) electrons. The second-order valence-corrected chi connectivity index (χ2v) is 4.86. The van der Waals surface area contributed by atoms with Crippen LogP contribution in [0.4, 0.5) is 0 Å². The summed E-state index contributed by atoms with van der Waals surface area (Å²) in [5, 5.41) is 1.07. The fourth-order valence-electron chi connectivity index (χ4n) is 2.30. The van der Waals surface area contributed by atoms with Crippen molar-refractivity contribution in [2.24, 2.45) is 7.05 Å². The normalized spacial score (nSPS) is 11.5. The molecule has 98 valence electrons. The highest BCUT2D eigenvalue weighted by Gasteiger charge is 2.11. The first-order valence-corrected chi connectivity index (χ1v) is 6.36. The molecule has 0 aliphatic carbocycles. The first kappa shape index (κ1) is 11.2. The van der Waals surface area contributed by atoms with Crippen LogP contribution in [0.2, 0.25) is 0 Å². The zero-order valence-corrected chi connectivity index (χ0v) is 11.2. The molecule has 0 unspecified atom stereocenters. The Morgan fingerprint density at radius 1 is 1.15 bits per heavy atom. The van der Waals surface area contributed by atoms with Crippen LogP contribution in [0.25, 0.3) is 33.7 Å². The van der Waals surface area contributed by atoms with Gasteiger partial charge in [0.15, 0.2) is 0 Å². The molecule has 20 heavy (non-hydrogen) atoms. The highest BCUT2D eigenvalue weighted by Crippen LogP contribution is 2.25. The topological polar surface area (TPSA) is 56.7 Å². The number of hydrogen-bond donors (Lipinski definition) is 0. The number of oxazole rings is 1. The highest BCUT2D eigenvalue weighted by molar-refractivity contribution is 5.81. The Morgan fingerprint density at radius 2 is 2.05 bits per heavy atom. The summed E-state index contributed by atoms with van der Waals surface area (Å²) >= 11 is 0. The fraction of sp³-hybridized carbons (Fsp3) is 0.133. The van der Waals surface area contributed by atoms with E-state index >= 15 is 0 Å². The SMILES string of the molecule is Cc1ccc2nc(-c3cnc4c(ccn4C)c3)oc2n1. The lowest BCUT2D eigenvalue weighted by Crippen LogP contribution is -1.88. The van der Waals surface area contributed by atoms with Crippen LogP contribution in [0.3, 0.4) is 0 Å². The molecule has 5 heteroatoms. The van der Waals surface area contributed by atoms with Crippen LogP contribution in [0.5, 0.6) is 0 Å². The summed E-state index contributed by atoms with van der Waals surface area (Å²) in [7, 11) is 1.97. The largest absolute Gasteiger partial charge is 0.418 e. The van der Waals surface area contributed by atoms with Gasteiger partial charge in [-0.2, -0.15) is 0 Å². The molecule has 0 amide bonds. The van der Waals surface area contributed by atoms with E-state index in [-0.39, 0.29) is 0 Å². The predicted molar refractivity (Wildman–Crippen MR) is 76.2 cm³/mol. The fourth-order valence-corrected chi connectivity index (χ4v) is 2.30. The smallest absolute Gasteiger partial charge is 0.247 e. The van der Waals surface area contributed by atoms with Crippen LogP contribution in [-0.2, 0) is 7.05 Å². The highest BCUT2D eigenvalue weighted by atomic mass is 16.4. The molecule has 4 aromatic heterocycles. The third kappa shape index (κ3) is 1.60. The standard InChI is InChI=1S/C15H12N4O/c1-9-3-4-12-15(17-9)20-14(18-12)11-7-10-5-6-19(2)13(10)16-8-11/h3-8H,1-2H3. The summed E-state index contributed by atoms with van der Waals surface area (Å²) < 4.78 is 7.70. The van der Waals surface area contributed by atoms with Crippen LogP contribution < -0.4 is 0 Å². The number of pyridine rings is 2. The Hall–Kier alpha value is -2.69. The second kappa shape index (κ2) is 3.90. The van der Waals surface area contributed by atoms with E-state index in [9.17, 15) is 0 Å². The average molecular weight is 264 g/mol. The Kier molecular flexibility index (Phi) is 2.18. The van der Waals surface area contributed by atoms with Crippen molar-refractivity contribution in [2.75, 3.05) is 0 Å². The minimum absolute atomic E-state index is 0.552. The molecule has 0 aliphatic heterocycles. The molecule has 0 saturated heterocycles. The van der Waals surface area contributed by atoms with E-state index in [4.69, 9.17) is 4.42 Å². The Morgan fingerprint density at radius 3 is 2.95 bits per heavy atom. The van der Waals surface area contributed by atoms with Gasteiger partial charge in [-0.1, -0.05) is 0 Å². The van der Waals surface area contributed by atoms with E-state index in [0.29, 0.717) is 11.6 Å². The maximum absolute atomic E-state index is 5.72.